The molecular weight excluding hydrogens is 270 g/mol. The average Bonchev–Trinajstić information content (AvgIpc) is 3.07. The van der Waals surface area contributed by atoms with E-state index >= 15 is 0 Å². The van der Waals surface area contributed by atoms with Gasteiger partial charge in [-0.2, -0.15) is 0 Å². The molecule has 2 heterocycles. The van der Waals surface area contributed by atoms with Crippen LogP contribution in [-0.4, -0.2) is 19.1 Å². The third kappa shape index (κ3) is 4.23. The largest absolute Gasteiger partial charge is 0.469 e. The summed E-state index contributed by atoms with van der Waals surface area (Å²) in [6.07, 6.45) is 3.08. The van der Waals surface area contributed by atoms with Crippen LogP contribution < -0.4 is 5.32 Å². The van der Waals surface area contributed by atoms with E-state index in [1.165, 1.54) is 6.26 Å². The van der Waals surface area contributed by atoms with E-state index in [9.17, 15) is 4.79 Å². The SMILES string of the molecule is Cc1occc1C(=O)N[C@@H](COCC(C)C)c1ccco1. The first-order chi connectivity index (χ1) is 10.1. The fraction of sp³-hybridized carbons (Fsp3) is 0.438. The van der Waals surface area contributed by atoms with Crippen LogP contribution in [0.25, 0.3) is 0 Å². The molecule has 0 aliphatic carbocycles. The number of amides is 1. The molecule has 0 bridgehead atoms. The molecule has 0 aliphatic heterocycles. The molecule has 2 aromatic rings. The van der Waals surface area contributed by atoms with Crippen molar-refractivity contribution >= 4 is 5.91 Å². The molecule has 1 N–H and O–H groups in total. The molecular formula is C16H21NO4. The molecule has 1 atom stereocenters. The second-order valence-electron chi connectivity index (χ2n) is 5.36. The van der Waals surface area contributed by atoms with Crippen molar-refractivity contribution in [2.45, 2.75) is 26.8 Å². The van der Waals surface area contributed by atoms with Crippen molar-refractivity contribution in [2.75, 3.05) is 13.2 Å². The molecule has 0 unspecified atom stereocenters. The Kier molecular flexibility index (Phi) is 5.22. The Bertz CT molecular complexity index is 557. The van der Waals surface area contributed by atoms with Gasteiger partial charge in [0.05, 0.1) is 24.7 Å². The van der Waals surface area contributed by atoms with Crippen LogP contribution >= 0.6 is 0 Å². The number of rotatable bonds is 7. The quantitative estimate of drug-likeness (QED) is 0.850. The average molecular weight is 291 g/mol. The first kappa shape index (κ1) is 15.4. The Morgan fingerprint density at radius 2 is 2.05 bits per heavy atom. The van der Waals surface area contributed by atoms with Crippen LogP contribution in [-0.2, 0) is 4.74 Å². The van der Waals surface area contributed by atoms with Crippen molar-refractivity contribution in [1.29, 1.82) is 0 Å². The summed E-state index contributed by atoms with van der Waals surface area (Å²) in [6.45, 7) is 6.92. The Morgan fingerprint density at radius 1 is 1.24 bits per heavy atom. The van der Waals surface area contributed by atoms with Gasteiger partial charge in [-0.25, -0.2) is 0 Å². The molecule has 0 fully saturated rings. The fourth-order valence-corrected chi connectivity index (χ4v) is 1.96. The minimum absolute atomic E-state index is 0.198. The molecule has 0 saturated heterocycles. The van der Waals surface area contributed by atoms with Gasteiger partial charge in [0.1, 0.15) is 17.6 Å². The van der Waals surface area contributed by atoms with E-state index in [1.807, 2.05) is 6.07 Å². The lowest BCUT2D eigenvalue weighted by Crippen LogP contribution is -2.31. The van der Waals surface area contributed by atoms with Gasteiger partial charge < -0.3 is 18.9 Å². The minimum atomic E-state index is -0.319. The zero-order chi connectivity index (χ0) is 15.2. The van der Waals surface area contributed by atoms with Crippen molar-refractivity contribution < 1.29 is 18.4 Å². The second-order valence-corrected chi connectivity index (χ2v) is 5.36. The summed E-state index contributed by atoms with van der Waals surface area (Å²) in [5.41, 5.74) is 0.524. The maximum absolute atomic E-state index is 12.3. The maximum Gasteiger partial charge on any atom is 0.255 e. The van der Waals surface area contributed by atoms with Gasteiger partial charge in [0.2, 0.25) is 0 Å². The molecule has 2 rings (SSSR count). The highest BCUT2D eigenvalue weighted by molar-refractivity contribution is 5.95. The Labute approximate surface area is 124 Å². The van der Waals surface area contributed by atoms with Crippen LogP contribution in [0, 0.1) is 12.8 Å². The highest BCUT2D eigenvalue weighted by atomic mass is 16.5. The van der Waals surface area contributed by atoms with E-state index in [1.54, 1.807) is 25.3 Å². The normalized spacial score (nSPS) is 12.6. The number of furan rings is 2. The molecule has 0 aromatic carbocycles. The van der Waals surface area contributed by atoms with Crippen LogP contribution in [0.15, 0.2) is 39.6 Å². The number of ether oxygens (including phenoxy) is 1. The lowest BCUT2D eigenvalue weighted by atomic mass is 10.2. The van der Waals surface area contributed by atoms with Gasteiger partial charge in [0.15, 0.2) is 0 Å². The molecule has 0 saturated carbocycles. The smallest absolute Gasteiger partial charge is 0.255 e. The number of hydrogen-bond acceptors (Lipinski definition) is 4. The summed E-state index contributed by atoms with van der Waals surface area (Å²) in [5, 5.41) is 2.92. The fourth-order valence-electron chi connectivity index (χ4n) is 1.96. The molecule has 114 valence electrons. The third-order valence-electron chi connectivity index (χ3n) is 3.03. The lowest BCUT2D eigenvalue weighted by Gasteiger charge is -2.17. The van der Waals surface area contributed by atoms with Crippen molar-refractivity contribution in [2.24, 2.45) is 5.92 Å². The van der Waals surface area contributed by atoms with Crippen LogP contribution in [0.3, 0.4) is 0 Å². The van der Waals surface area contributed by atoms with Gasteiger partial charge >= 0.3 is 0 Å². The van der Waals surface area contributed by atoms with E-state index < -0.39 is 0 Å². The Balaban J connectivity index is 2.02. The minimum Gasteiger partial charge on any atom is -0.469 e. The van der Waals surface area contributed by atoms with Gasteiger partial charge in [0, 0.05) is 6.61 Å². The van der Waals surface area contributed by atoms with Gasteiger partial charge in [-0.1, -0.05) is 13.8 Å². The molecule has 0 spiro atoms. The molecule has 5 heteroatoms. The predicted molar refractivity (Wildman–Crippen MR) is 78.0 cm³/mol. The first-order valence-electron chi connectivity index (χ1n) is 7.04. The van der Waals surface area contributed by atoms with E-state index in [0.717, 1.165) is 0 Å². The van der Waals surface area contributed by atoms with E-state index in [0.29, 0.717) is 36.2 Å². The van der Waals surface area contributed by atoms with E-state index in [4.69, 9.17) is 13.6 Å². The summed E-state index contributed by atoms with van der Waals surface area (Å²) >= 11 is 0. The molecule has 5 nitrogen and oxygen atoms in total. The lowest BCUT2D eigenvalue weighted by molar-refractivity contribution is 0.0729. The van der Waals surface area contributed by atoms with Gasteiger partial charge in [0.25, 0.3) is 5.91 Å². The molecule has 21 heavy (non-hydrogen) atoms. The number of hydrogen-bond donors (Lipinski definition) is 1. The standard InChI is InChI=1S/C16H21NO4/c1-11(2)9-19-10-14(15-5-4-7-21-15)17-16(18)13-6-8-20-12(13)3/h4-8,11,14H,9-10H2,1-3H3,(H,17,18)/t14-/m0/s1. The number of nitrogens with one attached hydrogen (secondary N) is 1. The van der Waals surface area contributed by atoms with Crippen molar-refractivity contribution in [3.8, 4) is 0 Å². The monoisotopic (exact) mass is 291 g/mol. The summed E-state index contributed by atoms with van der Waals surface area (Å²) in [4.78, 5) is 12.3. The maximum atomic E-state index is 12.3. The summed E-state index contributed by atoms with van der Waals surface area (Å²) in [7, 11) is 0. The summed E-state index contributed by atoms with van der Waals surface area (Å²) in [6, 6.07) is 4.95. The summed E-state index contributed by atoms with van der Waals surface area (Å²) < 4.78 is 16.2. The van der Waals surface area contributed by atoms with Crippen LogP contribution in [0.1, 0.15) is 41.8 Å². The first-order valence-corrected chi connectivity index (χ1v) is 7.04. The van der Waals surface area contributed by atoms with Crippen LogP contribution in [0.5, 0.6) is 0 Å². The number of carbonyl (C=O) groups is 1. The highest BCUT2D eigenvalue weighted by Gasteiger charge is 2.20. The zero-order valence-corrected chi connectivity index (χ0v) is 12.6. The number of carbonyl (C=O) groups excluding carboxylic acids is 1. The molecule has 0 aliphatic rings. The van der Waals surface area contributed by atoms with Crippen molar-refractivity contribution in [1.82, 2.24) is 5.32 Å². The van der Waals surface area contributed by atoms with Gasteiger partial charge in [-0.05, 0) is 31.0 Å². The highest BCUT2D eigenvalue weighted by Crippen LogP contribution is 2.17. The zero-order valence-electron chi connectivity index (χ0n) is 12.6. The molecule has 0 radical (unpaired) electrons. The van der Waals surface area contributed by atoms with Crippen molar-refractivity contribution in [3.05, 3.63) is 47.8 Å². The third-order valence-corrected chi connectivity index (χ3v) is 3.03. The topological polar surface area (TPSA) is 64.6 Å². The molecule has 1 amide bonds. The van der Waals surface area contributed by atoms with Gasteiger partial charge in [-0.15, -0.1) is 0 Å². The van der Waals surface area contributed by atoms with Crippen molar-refractivity contribution in [3.63, 3.8) is 0 Å². The Morgan fingerprint density at radius 3 is 2.62 bits per heavy atom. The van der Waals surface area contributed by atoms with Gasteiger partial charge in [-0.3, -0.25) is 4.79 Å². The predicted octanol–water partition coefficient (Wildman–Crippen LogP) is 3.32. The van der Waals surface area contributed by atoms with E-state index in [-0.39, 0.29) is 11.9 Å². The number of aryl methyl sites for hydroxylation is 1. The second kappa shape index (κ2) is 7.13. The summed E-state index contributed by atoms with van der Waals surface area (Å²) in [5.74, 6) is 1.51. The Hall–Kier alpha value is -2.01. The van der Waals surface area contributed by atoms with E-state index in [2.05, 4.69) is 19.2 Å². The van der Waals surface area contributed by atoms with Crippen LogP contribution in [0.4, 0.5) is 0 Å². The molecule has 2 aromatic heterocycles. The van der Waals surface area contributed by atoms with Crippen LogP contribution in [0.2, 0.25) is 0 Å².